The van der Waals surface area contributed by atoms with Gasteiger partial charge in [0.25, 0.3) is 0 Å². The highest BCUT2D eigenvalue weighted by molar-refractivity contribution is 7.15. The van der Waals surface area contributed by atoms with Gasteiger partial charge in [-0.1, -0.05) is 0 Å². The van der Waals surface area contributed by atoms with Gasteiger partial charge in [0.2, 0.25) is 5.91 Å². The molecule has 1 aliphatic heterocycles. The van der Waals surface area contributed by atoms with Crippen molar-refractivity contribution in [2.75, 3.05) is 13.2 Å². The summed E-state index contributed by atoms with van der Waals surface area (Å²) in [6, 6.07) is 0. The predicted octanol–water partition coefficient (Wildman–Crippen LogP) is 1.62. The largest absolute Gasteiger partial charge is 0.368 e. The number of carbonyl (C=O) groups is 1. The van der Waals surface area contributed by atoms with E-state index >= 15 is 0 Å². The lowest BCUT2D eigenvalue weighted by atomic mass is 10.1. The SMILES string of the molecule is O=C(NCCc1cn2ccsc2n1)[C@H]1CCCCO1. The molecule has 0 aromatic carbocycles. The molecule has 2 aromatic heterocycles. The Balaban J connectivity index is 1.47. The van der Waals surface area contributed by atoms with E-state index in [2.05, 4.69) is 10.3 Å². The van der Waals surface area contributed by atoms with Crippen LogP contribution in [0.2, 0.25) is 0 Å². The highest BCUT2D eigenvalue weighted by atomic mass is 32.1. The van der Waals surface area contributed by atoms with Crippen molar-refractivity contribution in [2.45, 2.75) is 31.8 Å². The third kappa shape index (κ3) is 2.96. The quantitative estimate of drug-likeness (QED) is 0.925. The highest BCUT2D eigenvalue weighted by Crippen LogP contribution is 2.13. The molecule has 1 saturated heterocycles. The maximum absolute atomic E-state index is 11.9. The number of aromatic nitrogens is 2. The summed E-state index contributed by atoms with van der Waals surface area (Å²) in [5, 5.41) is 4.94. The molecule has 1 fully saturated rings. The number of hydrogen-bond donors (Lipinski definition) is 1. The number of rotatable bonds is 4. The van der Waals surface area contributed by atoms with Crippen molar-refractivity contribution in [3.05, 3.63) is 23.5 Å². The van der Waals surface area contributed by atoms with E-state index in [0.717, 1.165) is 36.3 Å². The Morgan fingerprint density at radius 3 is 3.32 bits per heavy atom. The van der Waals surface area contributed by atoms with E-state index < -0.39 is 0 Å². The highest BCUT2D eigenvalue weighted by Gasteiger charge is 2.21. The molecular weight excluding hydrogens is 262 g/mol. The first-order chi connectivity index (χ1) is 9.33. The van der Waals surface area contributed by atoms with Crippen LogP contribution in [0.3, 0.4) is 0 Å². The second-order valence-electron chi connectivity index (χ2n) is 4.72. The minimum absolute atomic E-state index is 0.0146. The van der Waals surface area contributed by atoms with E-state index in [1.807, 2.05) is 22.2 Å². The Kier molecular flexibility index (Phi) is 3.79. The van der Waals surface area contributed by atoms with E-state index in [1.54, 1.807) is 11.3 Å². The van der Waals surface area contributed by atoms with E-state index in [1.165, 1.54) is 0 Å². The first-order valence-corrected chi connectivity index (χ1v) is 7.51. The molecule has 1 atom stereocenters. The second kappa shape index (κ2) is 5.71. The standard InChI is InChI=1S/C13H17N3O2S/c17-12(11-3-1-2-7-18-11)14-5-4-10-9-16-6-8-19-13(16)15-10/h6,8-9,11H,1-5,7H2,(H,14,17)/t11-/m1/s1. The molecule has 102 valence electrons. The molecule has 1 N–H and O–H groups in total. The average Bonchev–Trinajstić information content (AvgIpc) is 3.00. The van der Waals surface area contributed by atoms with Gasteiger partial charge < -0.3 is 10.1 Å². The van der Waals surface area contributed by atoms with E-state index in [4.69, 9.17) is 4.74 Å². The van der Waals surface area contributed by atoms with Crippen molar-refractivity contribution in [1.29, 1.82) is 0 Å². The lowest BCUT2D eigenvalue weighted by molar-refractivity contribution is -0.135. The Bertz CT molecular complexity index is 528. The zero-order chi connectivity index (χ0) is 13.1. The monoisotopic (exact) mass is 279 g/mol. The summed E-state index contributed by atoms with van der Waals surface area (Å²) < 4.78 is 7.45. The fourth-order valence-corrected chi connectivity index (χ4v) is 2.99. The molecular formula is C13H17N3O2S. The summed E-state index contributed by atoms with van der Waals surface area (Å²) >= 11 is 1.62. The summed E-state index contributed by atoms with van der Waals surface area (Å²) in [6.07, 6.45) is 7.49. The number of imidazole rings is 1. The molecule has 0 unspecified atom stereocenters. The number of hydrogen-bond acceptors (Lipinski definition) is 4. The van der Waals surface area contributed by atoms with Crippen LogP contribution >= 0.6 is 11.3 Å². The van der Waals surface area contributed by atoms with Crippen LogP contribution in [-0.4, -0.2) is 34.5 Å². The molecule has 6 heteroatoms. The molecule has 0 bridgehead atoms. The lowest BCUT2D eigenvalue weighted by Crippen LogP contribution is -2.39. The van der Waals surface area contributed by atoms with Crippen molar-refractivity contribution in [1.82, 2.24) is 14.7 Å². The van der Waals surface area contributed by atoms with Gasteiger partial charge in [-0.3, -0.25) is 9.20 Å². The molecule has 3 rings (SSSR count). The Morgan fingerprint density at radius 1 is 1.58 bits per heavy atom. The van der Waals surface area contributed by atoms with E-state index in [9.17, 15) is 4.79 Å². The summed E-state index contributed by atoms with van der Waals surface area (Å²) in [5.74, 6) is 0.0146. The minimum Gasteiger partial charge on any atom is -0.368 e. The van der Waals surface area contributed by atoms with Gasteiger partial charge >= 0.3 is 0 Å². The number of ether oxygens (including phenoxy) is 1. The summed E-state index contributed by atoms with van der Waals surface area (Å²) in [7, 11) is 0. The number of carbonyl (C=O) groups excluding carboxylic acids is 1. The van der Waals surface area contributed by atoms with Gasteiger partial charge in [0.05, 0.1) is 5.69 Å². The van der Waals surface area contributed by atoms with Gasteiger partial charge in [-0.2, -0.15) is 0 Å². The van der Waals surface area contributed by atoms with Crippen LogP contribution in [0.4, 0.5) is 0 Å². The van der Waals surface area contributed by atoms with Crippen LogP contribution in [-0.2, 0) is 16.0 Å². The maximum atomic E-state index is 11.9. The second-order valence-corrected chi connectivity index (χ2v) is 5.59. The van der Waals surface area contributed by atoms with Crippen molar-refractivity contribution in [3.63, 3.8) is 0 Å². The Labute approximate surface area is 115 Å². The number of fused-ring (bicyclic) bond motifs is 1. The molecule has 19 heavy (non-hydrogen) atoms. The molecule has 1 amide bonds. The average molecular weight is 279 g/mol. The van der Waals surface area contributed by atoms with Gasteiger partial charge in [0, 0.05) is 37.3 Å². The van der Waals surface area contributed by atoms with Crippen molar-refractivity contribution < 1.29 is 9.53 Å². The van der Waals surface area contributed by atoms with Gasteiger partial charge in [0.1, 0.15) is 6.10 Å². The van der Waals surface area contributed by atoms with Gasteiger partial charge in [0.15, 0.2) is 4.96 Å². The fraction of sp³-hybridized carbons (Fsp3) is 0.538. The van der Waals surface area contributed by atoms with Crippen molar-refractivity contribution in [3.8, 4) is 0 Å². The van der Waals surface area contributed by atoms with Crippen LogP contribution in [0.1, 0.15) is 25.0 Å². The van der Waals surface area contributed by atoms with Crippen molar-refractivity contribution in [2.24, 2.45) is 0 Å². The maximum Gasteiger partial charge on any atom is 0.249 e. The first-order valence-electron chi connectivity index (χ1n) is 6.63. The minimum atomic E-state index is -0.251. The third-order valence-electron chi connectivity index (χ3n) is 3.30. The first kappa shape index (κ1) is 12.6. The third-order valence-corrected chi connectivity index (χ3v) is 4.07. The normalized spacial score (nSPS) is 19.7. The number of amides is 1. The Hall–Kier alpha value is -1.40. The van der Waals surface area contributed by atoms with Crippen LogP contribution < -0.4 is 5.32 Å². The zero-order valence-electron chi connectivity index (χ0n) is 10.7. The molecule has 2 aromatic rings. The molecule has 0 spiro atoms. The number of nitrogens with one attached hydrogen (secondary N) is 1. The van der Waals surface area contributed by atoms with E-state index in [0.29, 0.717) is 13.2 Å². The van der Waals surface area contributed by atoms with Crippen LogP contribution in [0.25, 0.3) is 4.96 Å². The topological polar surface area (TPSA) is 55.6 Å². The van der Waals surface area contributed by atoms with Crippen LogP contribution in [0, 0.1) is 0 Å². The fourth-order valence-electron chi connectivity index (χ4n) is 2.27. The van der Waals surface area contributed by atoms with Crippen molar-refractivity contribution >= 4 is 22.2 Å². The molecule has 5 nitrogen and oxygen atoms in total. The van der Waals surface area contributed by atoms with Gasteiger partial charge in [-0.05, 0) is 19.3 Å². The summed E-state index contributed by atoms with van der Waals surface area (Å²) in [4.78, 5) is 17.3. The summed E-state index contributed by atoms with van der Waals surface area (Å²) in [6.45, 7) is 1.32. The lowest BCUT2D eigenvalue weighted by Gasteiger charge is -2.21. The molecule has 0 aliphatic carbocycles. The summed E-state index contributed by atoms with van der Waals surface area (Å²) in [5.41, 5.74) is 1.01. The van der Waals surface area contributed by atoms with Crippen LogP contribution in [0.5, 0.6) is 0 Å². The Morgan fingerprint density at radius 2 is 2.53 bits per heavy atom. The zero-order valence-corrected chi connectivity index (χ0v) is 11.5. The molecule has 1 aliphatic rings. The molecule has 0 radical (unpaired) electrons. The molecule has 0 saturated carbocycles. The predicted molar refractivity (Wildman–Crippen MR) is 73.4 cm³/mol. The smallest absolute Gasteiger partial charge is 0.249 e. The number of thiazole rings is 1. The number of nitrogens with zero attached hydrogens (tertiary/aromatic N) is 2. The molecule has 3 heterocycles. The van der Waals surface area contributed by atoms with Gasteiger partial charge in [-0.15, -0.1) is 11.3 Å². The van der Waals surface area contributed by atoms with Gasteiger partial charge in [-0.25, -0.2) is 4.98 Å². The van der Waals surface area contributed by atoms with Crippen LogP contribution in [0.15, 0.2) is 17.8 Å². The van der Waals surface area contributed by atoms with E-state index in [-0.39, 0.29) is 12.0 Å².